The molecule has 0 radical (unpaired) electrons. The second-order valence-corrected chi connectivity index (χ2v) is 8.20. The van der Waals surface area contributed by atoms with Crippen LogP contribution in [0.1, 0.15) is 32.3 Å². The average Bonchev–Trinajstić information content (AvgIpc) is 3.55. The molecule has 0 unspecified atom stereocenters. The molecule has 2 fully saturated rings. The zero-order valence-electron chi connectivity index (χ0n) is 20.9. The summed E-state index contributed by atoms with van der Waals surface area (Å²) in [5.41, 5.74) is 2.67. The normalized spacial score (nSPS) is 17.0. The Hall–Kier alpha value is -4.13. The largest absolute Gasteiger partial charge is 4.00 e. The van der Waals surface area contributed by atoms with Crippen molar-refractivity contribution in [2.24, 2.45) is 0 Å². The fraction of sp³-hybridized carbons (Fsp3) is 0.360. The van der Waals surface area contributed by atoms with Crippen molar-refractivity contribution in [2.45, 2.75) is 50.6 Å². The molecular weight excluding hydrogens is 546 g/mol. The van der Waals surface area contributed by atoms with E-state index in [9.17, 15) is 9.59 Å². The number of thioether (sulfide) groups is 1. The number of rotatable bonds is 5. The molecule has 38 heavy (non-hydrogen) atoms. The van der Waals surface area contributed by atoms with E-state index in [1.165, 1.54) is 0 Å². The maximum absolute atomic E-state index is 11.2. The number of hydrogen-bond donors (Lipinski definition) is 3. The van der Waals surface area contributed by atoms with Gasteiger partial charge in [0, 0.05) is 36.4 Å². The molecule has 2 aliphatic heterocycles. The molecule has 0 bridgehead atoms. The smallest absolute Gasteiger partial charge is 0.512 e. The first-order chi connectivity index (χ1) is 18.1. The first kappa shape index (κ1) is 38.4. The minimum atomic E-state index is 0. The van der Waals surface area contributed by atoms with E-state index in [1.54, 1.807) is 12.4 Å². The monoisotopic (exact) mass is 573 g/mol. The average molecular weight is 573 g/mol. The van der Waals surface area contributed by atoms with Crippen molar-refractivity contribution in [1.29, 1.82) is 21.0 Å². The van der Waals surface area contributed by atoms with Crippen molar-refractivity contribution in [3.8, 4) is 11.4 Å². The van der Waals surface area contributed by atoms with Gasteiger partial charge in [0.1, 0.15) is 0 Å². The molecule has 2 saturated heterocycles. The van der Waals surface area contributed by atoms with Crippen molar-refractivity contribution >= 4 is 23.7 Å². The second kappa shape index (κ2) is 24.6. The molecule has 3 N–H and O–H groups in total. The molecule has 0 saturated carbocycles. The van der Waals surface area contributed by atoms with Gasteiger partial charge in [-0.3, -0.25) is 14.8 Å². The number of nitrogens with zero attached hydrogens (tertiary/aromatic N) is 6. The summed E-state index contributed by atoms with van der Waals surface area (Å²) in [7, 11) is 0. The van der Waals surface area contributed by atoms with Crippen LogP contribution in [0.15, 0.2) is 42.7 Å². The number of nitrogens with one attached hydrogen (secondary N) is 3. The van der Waals surface area contributed by atoms with Crippen LogP contribution >= 0.6 is 11.8 Å². The fourth-order valence-corrected chi connectivity index (χ4v) is 4.76. The SMILES string of the molecule is CCC(=O)NCc1ccnc(-c2ccccn2)c1.CC[C@@H]1SC[C@@H]2NC(=O)N[C@@H]21.[C-]#N.[C-]#N.[C-]#N.[C-]#N.[Fe+4]. The Morgan fingerprint density at radius 3 is 2.18 bits per heavy atom. The van der Waals surface area contributed by atoms with E-state index in [0.717, 1.165) is 29.1 Å². The summed E-state index contributed by atoms with van der Waals surface area (Å²) in [6.45, 7) is 23.5. The molecule has 3 atom stereocenters. The van der Waals surface area contributed by atoms with Crippen LogP contribution in [0.4, 0.5) is 4.79 Å². The molecule has 2 aromatic rings. The zero-order chi connectivity index (χ0) is 28.6. The van der Waals surface area contributed by atoms with E-state index in [0.29, 0.717) is 30.3 Å². The van der Waals surface area contributed by atoms with Crippen LogP contribution in [0, 0.1) is 47.3 Å². The molecule has 2 aliphatic rings. The van der Waals surface area contributed by atoms with Gasteiger partial charge in [-0.2, -0.15) is 11.8 Å². The molecule has 11 nitrogen and oxygen atoms in total. The van der Waals surface area contributed by atoms with Crippen LogP contribution in [0.25, 0.3) is 11.4 Å². The van der Waals surface area contributed by atoms with Crippen LogP contribution in [-0.4, -0.2) is 45.0 Å². The Morgan fingerprint density at radius 2 is 1.63 bits per heavy atom. The molecule has 4 heterocycles. The summed E-state index contributed by atoms with van der Waals surface area (Å²) >= 11 is 1.96. The molecular formula is C25H27FeN9O2S. The number of urea groups is 1. The zero-order valence-corrected chi connectivity index (χ0v) is 22.8. The van der Waals surface area contributed by atoms with Crippen LogP contribution in [0.2, 0.25) is 0 Å². The summed E-state index contributed by atoms with van der Waals surface area (Å²) in [5.74, 6) is 1.12. The van der Waals surface area contributed by atoms with Crippen molar-refractivity contribution in [2.75, 3.05) is 5.75 Å². The Morgan fingerprint density at radius 1 is 1.00 bits per heavy atom. The summed E-state index contributed by atoms with van der Waals surface area (Å²) in [6.07, 6.45) is 5.12. The van der Waals surface area contributed by atoms with E-state index in [4.69, 9.17) is 47.3 Å². The van der Waals surface area contributed by atoms with Gasteiger partial charge in [-0.25, -0.2) is 4.79 Å². The molecule has 4 rings (SSSR count). The Balaban J connectivity index is -0.000000527. The first-order valence-corrected chi connectivity index (χ1v) is 11.9. The summed E-state index contributed by atoms with van der Waals surface area (Å²) in [4.78, 5) is 30.6. The number of carbonyl (C=O) groups excluding carboxylic acids is 2. The number of carbonyl (C=O) groups is 2. The standard InChI is InChI=1S/C14H15N3O.C7H12N2OS.4CN.Fe/c1-2-14(18)17-10-11-6-8-16-13(9-11)12-5-3-4-7-15-12;1-2-5-6-4(3-11-5)8-7(10)9-6;4*1-2;/h3-9H,2,10H2,1H3,(H,17,18);4-6H,2-3H2,1H3,(H2,8,9,10);;;;;/q;;4*-1;+4/t;4-,5-,6-;;;;;/m.0...../s1. The summed E-state index contributed by atoms with van der Waals surface area (Å²) in [5, 5.41) is 34.3. The van der Waals surface area contributed by atoms with Crippen LogP contribution in [0.3, 0.4) is 0 Å². The van der Waals surface area contributed by atoms with E-state index >= 15 is 0 Å². The number of pyridine rings is 2. The third-order valence-electron chi connectivity index (χ3n) is 4.90. The third-order valence-corrected chi connectivity index (χ3v) is 6.51. The van der Waals surface area contributed by atoms with Gasteiger partial charge in [-0.1, -0.05) is 19.9 Å². The van der Waals surface area contributed by atoms with Gasteiger partial charge in [0.2, 0.25) is 5.91 Å². The topological polar surface area (TPSA) is 191 Å². The molecule has 0 spiro atoms. The van der Waals surface area contributed by atoms with Crippen molar-refractivity contribution in [1.82, 2.24) is 25.9 Å². The van der Waals surface area contributed by atoms with E-state index in [1.807, 2.05) is 49.0 Å². The number of aromatic nitrogens is 2. The van der Waals surface area contributed by atoms with Crippen molar-refractivity contribution in [3.05, 3.63) is 74.6 Å². The summed E-state index contributed by atoms with van der Waals surface area (Å²) in [6, 6.07) is 10.3. The van der Waals surface area contributed by atoms with Gasteiger partial charge >= 0.3 is 23.1 Å². The quantitative estimate of drug-likeness (QED) is 0.274. The Kier molecular flexibility index (Phi) is 24.8. The first-order valence-electron chi connectivity index (χ1n) is 10.8. The number of fused-ring (bicyclic) bond motifs is 1. The maximum Gasteiger partial charge on any atom is 4.00 e. The Labute approximate surface area is 239 Å². The van der Waals surface area contributed by atoms with Gasteiger partial charge in [0.05, 0.1) is 23.5 Å². The maximum atomic E-state index is 11.2. The minimum Gasteiger partial charge on any atom is -0.512 e. The second-order valence-electron chi connectivity index (χ2n) is 6.92. The molecule has 0 aromatic carbocycles. The van der Waals surface area contributed by atoms with Crippen molar-refractivity contribution < 1.29 is 26.7 Å². The number of amides is 3. The minimum absolute atomic E-state index is 0. The van der Waals surface area contributed by atoms with E-state index in [2.05, 4.69) is 32.8 Å². The van der Waals surface area contributed by atoms with Crippen LogP contribution in [0.5, 0.6) is 0 Å². The molecule has 13 heteroatoms. The van der Waals surface area contributed by atoms with Gasteiger partial charge in [0.15, 0.2) is 0 Å². The molecule has 198 valence electrons. The number of hydrogen-bond acceptors (Lipinski definition) is 9. The van der Waals surface area contributed by atoms with Crippen LogP contribution in [-0.2, 0) is 28.4 Å². The van der Waals surface area contributed by atoms with Gasteiger partial charge in [-0.15, -0.1) is 0 Å². The van der Waals surface area contributed by atoms with E-state index < -0.39 is 0 Å². The van der Waals surface area contributed by atoms with E-state index in [-0.39, 0.29) is 29.0 Å². The van der Waals surface area contributed by atoms with Gasteiger partial charge in [-0.05, 0) is 36.2 Å². The predicted octanol–water partition coefficient (Wildman–Crippen LogP) is 3.11. The fourth-order valence-electron chi connectivity index (χ4n) is 3.32. The van der Waals surface area contributed by atoms with Crippen LogP contribution < -0.4 is 16.0 Å². The van der Waals surface area contributed by atoms with Gasteiger partial charge < -0.3 is 63.3 Å². The molecule has 0 aliphatic carbocycles. The molecule has 2 aromatic heterocycles. The Bertz CT molecular complexity index is 992. The molecule has 3 amide bonds. The predicted molar refractivity (Wildman–Crippen MR) is 135 cm³/mol. The third kappa shape index (κ3) is 13.3. The van der Waals surface area contributed by atoms with Gasteiger partial charge in [0.25, 0.3) is 0 Å². The van der Waals surface area contributed by atoms with Crippen molar-refractivity contribution in [3.63, 3.8) is 0 Å². The summed E-state index contributed by atoms with van der Waals surface area (Å²) < 4.78 is 0.